The van der Waals surface area contributed by atoms with E-state index in [1.54, 1.807) is 24.3 Å². The van der Waals surface area contributed by atoms with Gasteiger partial charge in [-0.1, -0.05) is 54.1 Å². The van der Waals surface area contributed by atoms with E-state index in [4.69, 9.17) is 11.6 Å². The summed E-state index contributed by atoms with van der Waals surface area (Å²) >= 11 is 5.78. The monoisotopic (exact) mass is 321 g/mol. The van der Waals surface area contributed by atoms with Gasteiger partial charge < -0.3 is 0 Å². The Balaban J connectivity index is 2.06. The fraction of sp³-hybridized carbons (Fsp3) is 0.125. The molecule has 0 aliphatic rings. The first-order valence-electron chi connectivity index (χ1n) is 6.47. The number of sulfonamides is 1. The van der Waals surface area contributed by atoms with Crippen LogP contribution in [0.5, 0.6) is 0 Å². The van der Waals surface area contributed by atoms with Crippen LogP contribution in [-0.2, 0) is 10.0 Å². The van der Waals surface area contributed by atoms with Crippen molar-refractivity contribution in [1.29, 1.82) is 0 Å². The van der Waals surface area contributed by atoms with Gasteiger partial charge in [-0.05, 0) is 36.3 Å². The number of rotatable bonds is 5. The van der Waals surface area contributed by atoms with Crippen LogP contribution in [0.15, 0.2) is 60.0 Å². The van der Waals surface area contributed by atoms with E-state index in [0.717, 1.165) is 16.5 Å². The Hall–Kier alpha value is -1.62. The highest BCUT2D eigenvalue weighted by molar-refractivity contribution is 7.92. The molecule has 0 fully saturated rings. The lowest BCUT2D eigenvalue weighted by Gasteiger charge is -2.12. The molecular weight excluding hydrogens is 306 g/mol. The molecule has 2 aromatic rings. The van der Waals surface area contributed by atoms with Gasteiger partial charge in [0, 0.05) is 16.5 Å². The predicted molar refractivity (Wildman–Crippen MR) is 87.4 cm³/mol. The summed E-state index contributed by atoms with van der Waals surface area (Å²) in [7, 11) is -3.50. The number of hydrogen-bond donors (Lipinski definition) is 1. The van der Waals surface area contributed by atoms with Crippen molar-refractivity contribution in [2.45, 2.75) is 13.0 Å². The second kappa shape index (κ2) is 6.89. The Morgan fingerprint density at radius 3 is 2.29 bits per heavy atom. The number of benzene rings is 2. The molecule has 21 heavy (non-hydrogen) atoms. The molecular formula is C16H16ClNO2S. The Morgan fingerprint density at radius 2 is 1.67 bits per heavy atom. The second-order valence-electron chi connectivity index (χ2n) is 4.65. The van der Waals surface area contributed by atoms with E-state index in [-0.39, 0.29) is 6.04 Å². The van der Waals surface area contributed by atoms with Gasteiger partial charge in [-0.3, -0.25) is 0 Å². The minimum atomic E-state index is -3.50. The number of nitrogens with one attached hydrogen (secondary N) is 1. The van der Waals surface area contributed by atoms with Crippen molar-refractivity contribution in [1.82, 2.24) is 4.72 Å². The summed E-state index contributed by atoms with van der Waals surface area (Å²) in [6.07, 6.45) is 1.54. The van der Waals surface area contributed by atoms with E-state index < -0.39 is 10.0 Å². The highest BCUT2D eigenvalue weighted by atomic mass is 35.5. The van der Waals surface area contributed by atoms with Crippen LogP contribution < -0.4 is 4.72 Å². The first-order chi connectivity index (χ1) is 9.96. The minimum absolute atomic E-state index is 0.286. The van der Waals surface area contributed by atoms with Gasteiger partial charge in [-0.2, -0.15) is 0 Å². The molecule has 0 spiro atoms. The van der Waals surface area contributed by atoms with Crippen LogP contribution in [0.3, 0.4) is 0 Å². The molecule has 0 saturated heterocycles. The molecule has 0 heterocycles. The van der Waals surface area contributed by atoms with Crippen molar-refractivity contribution in [3.63, 3.8) is 0 Å². The smallest absolute Gasteiger partial charge is 0.208 e. The average Bonchev–Trinajstić information content (AvgIpc) is 2.47. The Bertz CT molecular complexity index is 710. The SMILES string of the molecule is C[C@@H](NS(=O)(=O)/C=C/c1ccc(Cl)cc1)c1ccccc1. The molecule has 1 atom stereocenters. The molecule has 110 valence electrons. The molecule has 0 unspecified atom stereocenters. The summed E-state index contributed by atoms with van der Waals surface area (Å²) in [5, 5.41) is 1.78. The number of hydrogen-bond acceptors (Lipinski definition) is 2. The van der Waals surface area contributed by atoms with E-state index in [0.29, 0.717) is 5.02 Å². The quantitative estimate of drug-likeness (QED) is 0.905. The molecule has 5 heteroatoms. The van der Waals surface area contributed by atoms with Crippen molar-refractivity contribution in [3.8, 4) is 0 Å². The van der Waals surface area contributed by atoms with Gasteiger partial charge in [0.2, 0.25) is 10.0 Å². The maximum Gasteiger partial charge on any atom is 0.234 e. The van der Waals surface area contributed by atoms with Crippen molar-refractivity contribution in [2.24, 2.45) is 0 Å². The normalized spacial score (nSPS) is 13.4. The standard InChI is InChI=1S/C16H16ClNO2S/c1-13(15-5-3-2-4-6-15)18-21(19,20)12-11-14-7-9-16(17)10-8-14/h2-13,18H,1H3/b12-11+/t13-/m1/s1. The molecule has 0 radical (unpaired) electrons. The molecule has 0 aliphatic carbocycles. The highest BCUT2D eigenvalue weighted by Crippen LogP contribution is 2.14. The summed E-state index contributed by atoms with van der Waals surface area (Å²) < 4.78 is 26.7. The molecule has 1 N–H and O–H groups in total. The third kappa shape index (κ3) is 5.01. The lowest BCUT2D eigenvalue weighted by molar-refractivity contribution is 0.576. The maximum atomic E-state index is 12.0. The largest absolute Gasteiger partial charge is 0.234 e. The van der Waals surface area contributed by atoms with Gasteiger partial charge in [-0.15, -0.1) is 0 Å². The van der Waals surface area contributed by atoms with Crippen LogP contribution in [0.2, 0.25) is 5.02 Å². The fourth-order valence-electron chi connectivity index (χ4n) is 1.84. The van der Waals surface area contributed by atoms with Crippen LogP contribution in [0.25, 0.3) is 6.08 Å². The molecule has 0 bridgehead atoms. The van der Waals surface area contributed by atoms with Crippen LogP contribution in [0.1, 0.15) is 24.1 Å². The zero-order valence-corrected chi connectivity index (χ0v) is 13.1. The minimum Gasteiger partial charge on any atom is -0.208 e. The molecule has 3 nitrogen and oxygen atoms in total. The summed E-state index contributed by atoms with van der Waals surface area (Å²) in [4.78, 5) is 0. The summed E-state index contributed by atoms with van der Waals surface area (Å²) in [5.41, 5.74) is 1.69. The second-order valence-corrected chi connectivity index (χ2v) is 6.68. The third-order valence-electron chi connectivity index (χ3n) is 2.95. The van der Waals surface area contributed by atoms with Gasteiger partial charge in [0.15, 0.2) is 0 Å². The van der Waals surface area contributed by atoms with E-state index >= 15 is 0 Å². The van der Waals surface area contributed by atoms with Gasteiger partial charge in [0.25, 0.3) is 0 Å². The maximum absolute atomic E-state index is 12.0. The zero-order chi connectivity index (χ0) is 15.3. The van der Waals surface area contributed by atoms with E-state index in [9.17, 15) is 8.42 Å². The van der Waals surface area contributed by atoms with Crippen molar-refractivity contribution in [2.75, 3.05) is 0 Å². The topological polar surface area (TPSA) is 46.2 Å². The van der Waals surface area contributed by atoms with Gasteiger partial charge in [-0.25, -0.2) is 13.1 Å². The van der Waals surface area contributed by atoms with E-state index in [1.807, 2.05) is 37.3 Å². The molecule has 0 aliphatic heterocycles. The van der Waals surface area contributed by atoms with Crippen molar-refractivity contribution < 1.29 is 8.42 Å². The summed E-state index contributed by atoms with van der Waals surface area (Å²) in [6.45, 7) is 1.81. The van der Waals surface area contributed by atoms with E-state index in [2.05, 4.69) is 4.72 Å². The highest BCUT2D eigenvalue weighted by Gasteiger charge is 2.12. The van der Waals surface area contributed by atoms with Crippen LogP contribution in [0, 0.1) is 0 Å². The number of halogens is 1. The predicted octanol–water partition coefficient (Wildman–Crippen LogP) is 3.99. The molecule has 0 aromatic heterocycles. The van der Waals surface area contributed by atoms with Crippen LogP contribution in [0.4, 0.5) is 0 Å². The lowest BCUT2D eigenvalue weighted by atomic mass is 10.1. The first kappa shape index (κ1) is 15.8. The molecule has 2 rings (SSSR count). The van der Waals surface area contributed by atoms with Crippen molar-refractivity contribution >= 4 is 27.7 Å². The average molecular weight is 322 g/mol. The Morgan fingerprint density at radius 1 is 1.05 bits per heavy atom. The molecule has 2 aromatic carbocycles. The van der Waals surface area contributed by atoms with Gasteiger partial charge in [0.05, 0.1) is 0 Å². The molecule has 0 saturated carbocycles. The van der Waals surface area contributed by atoms with E-state index in [1.165, 1.54) is 6.08 Å². The summed E-state index contributed by atoms with van der Waals surface area (Å²) in [5.74, 6) is 0. The van der Waals surface area contributed by atoms with Crippen LogP contribution in [-0.4, -0.2) is 8.42 Å². The Kier molecular flexibility index (Phi) is 5.17. The van der Waals surface area contributed by atoms with Gasteiger partial charge >= 0.3 is 0 Å². The molecule has 0 amide bonds. The van der Waals surface area contributed by atoms with Gasteiger partial charge in [0.1, 0.15) is 0 Å². The fourth-order valence-corrected chi connectivity index (χ4v) is 3.01. The van der Waals surface area contributed by atoms with Crippen molar-refractivity contribution in [3.05, 3.63) is 76.2 Å². The van der Waals surface area contributed by atoms with Crippen LogP contribution >= 0.6 is 11.6 Å². The first-order valence-corrected chi connectivity index (χ1v) is 8.40. The third-order valence-corrected chi connectivity index (χ3v) is 4.38. The lowest BCUT2D eigenvalue weighted by Crippen LogP contribution is -2.24. The Labute approximate surface area is 130 Å². The summed E-state index contributed by atoms with van der Waals surface area (Å²) in [6, 6.07) is 16.1. The zero-order valence-electron chi connectivity index (χ0n) is 11.5.